The summed E-state index contributed by atoms with van der Waals surface area (Å²) in [7, 11) is -3.67. The van der Waals surface area contributed by atoms with Crippen LogP contribution in [0.2, 0.25) is 0 Å². The highest BCUT2D eigenvalue weighted by molar-refractivity contribution is 7.85. The Morgan fingerprint density at radius 1 is 1.14 bits per heavy atom. The van der Waals surface area contributed by atoms with Gasteiger partial charge in [-0.25, -0.2) is 0 Å². The molecule has 2 atom stereocenters. The molecule has 2 rings (SSSR count). The number of hydrogen-bond acceptors (Lipinski definition) is 3. The minimum Gasteiger partial charge on any atom is -0.316 e. The molecule has 14 heavy (non-hydrogen) atoms. The molecule has 1 aliphatic carbocycles. The molecule has 1 saturated carbocycles. The Morgan fingerprint density at radius 2 is 1.50 bits per heavy atom. The van der Waals surface area contributed by atoms with Crippen molar-refractivity contribution in [2.24, 2.45) is 11.8 Å². The van der Waals surface area contributed by atoms with Crippen LogP contribution in [0, 0.1) is 11.8 Å². The third-order valence-electron chi connectivity index (χ3n) is 2.88. The molecule has 1 heterocycles. The van der Waals surface area contributed by atoms with E-state index < -0.39 is 10.1 Å². The Morgan fingerprint density at radius 3 is 1.86 bits per heavy atom. The second kappa shape index (κ2) is 5.09. The van der Waals surface area contributed by atoms with Crippen LogP contribution in [0.1, 0.15) is 25.7 Å². The molecule has 2 aliphatic rings. The highest BCUT2D eigenvalue weighted by atomic mass is 32.2. The van der Waals surface area contributed by atoms with Crippen molar-refractivity contribution in [1.29, 1.82) is 0 Å². The fourth-order valence-corrected chi connectivity index (χ4v) is 2.28. The SMILES string of the molecule is C1CCC2CNCC2C1.CS(=O)(=O)O. The second-order valence-corrected chi connectivity index (χ2v) is 5.66. The Hall–Kier alpha value is -0.130. The first-order valence-corrected chi connectivity index (χ1v) is 6.95. The van der Waals surface area contributed by atoms with Gasteiger partial charge in [0.05, 0.1) is 6.26 Å². The van der Waals surface area contributed by atoms with Gasteiger partial charge < -0.3 is 5.32 Å². The highest BCUT2D eigenvalue weighted by Gasteiger charge is 2.28. The van der Waals surface area contributed by atoms with Gasteiger partial charge in [0.2, 0.25) is 0 Å². The molecule has 84 valence electrons. The zero-order valence-electron chi connectivity index (χ0n) is 8.57. The summed E-state index contributed by atoms with van der Waals surface area (Å²) >= 11 is 0. The average molecular weight is 221 g/mol. The zero-order valence-corrected chi connectivity index (χ0v) is 9.39. The molecule has 0 bridgehead atoms. The van der Waals surface area contributed by atoms with Crippen LogP contribution in [0.5, 0.6) is 0 Å². The van der Waals surface area contributed by atoms with Crippen LogP contribution < -0.4 is 5.32 Å². The summed E-state index contributed by atoms with van der Waals surface area (Å²) in [6.45, 7) is 2.62. The van der Waals surface area contributed by atoms with Crippen LogP contribution in [0.15, 0.2) is 0 Å². The van der Waals surface area contributed by atoms with Crippen LogP contribution in [-0.2, 0) is 10.1 Å². The van der Waals surface area contributed by atoms with E-state index in [1.165, 1.54) is 38.8 Å². The minimum atomic E-state index is -3.67. The summed E-state index contributed by atoms with van der Waals surface area (Å²) in [5.41, 5.74) is 0. The second-order valence-electron chi connectivity index (χ2n) is 4.20. The minimum absolute atomic E-state index is 0.715. The van der Waals surface area contributed by atoms with E-state index in [1.54, 1.807) is 0 Å². The molecule has 0 aromatic heterocycles. The lowest BCUT2D eigenvalue weighted by Gasteiger charge is -2.23. The molecule has 4 nitrogen and oxygen atoms in total. The summed E-state index contributed by atoms with van der Waals surface area (Å²) in [6, 6.07) is 0. The van der Waals surface area contributed by atoms with Crippen molar-refractivity contribution in [3.05, 3.63) is 0 Å². The van der Waals surface area contributed by atoms with Gasteiger partial charge in [-0.3, -0.25) is 4.55 Å². The van der Waals surface area contributed by atoms with Gasteiger partial charge in [-0.05, 0) is 37.8 Å². The molecule has 2 unspecified atom stereocenters. The lowest BCUT2D eigenvalue weighted by Crippen LogP contribution is -2.16. The molecular weight excluding hydrogens is 202 g/mol. The predicted octanol–water partition coefficient (Wildman–Crippen LogP) is 0.900. The molecule has 2 N–H and O–H groups in total. The van der Waals surface area contributed by atoms with Crippen molar-refractivity contribution >= 4 is 10.1 Å². The van der Waals surface area contributed by atoms with E-state index >= 15 is 0 Å². The molecule has 0 radical (unpaired) electrons. The zero-order chi connectivity index (χ0) is 10.6. The molecule has 0 spiro atoms. The van der Waals surface area contributed by atoms with Gasteiger partial charge >= 0.3 is 0 Å². The topological polar surface area (TPSA) is 66.4 Å². The summed E-state index contributed by atoms with van der Waals surface area (Å²) in [5, 5.41) is 3.46. The van der Waals surface area contributed by atoms with Crippen LogP contribution in [0.3, 0.4) is 0 Å². The molecular formula is C9H19NO3S. The molecule has 1 aliphatic heterocycles. The van der Waals surface area contributed by atoms with E-state index in [1.807, 2.05) is 0 Å². The summed E-state index contributed by atoms with van der Waals surface area (Å²) in [6.07, 6.45) is 6.69. The van der Waals surface area contributed by atoms with E-state index in [0.29, 0.717) is 6.26 Å². The average Bonchev–Trinajstić information content (AvgIpc) is 2.47. The largest absolute Gasteiger partial charge is 0.316 e. The van der Waals surface area contributed by atoms with E-state index in [2.05, 4.69) is 5.32 Å². The maximum atomic E-state index is 9.19. The van der Waals surface area contributed by atoms with Crippen LogP contribution >= 0.6 is 0 Å². The van der Waals surface area contributed by atoms with Crippen LogP contribution in [0.4, 0.5) is 0 Å². The van der Waals surface area contributed by atoms with Gasteiger partial charge in [0.1, 0.15) is 0 Å². The van der Waals surface area contributed by atoms with Crippen molar-refractivity contribution in [3.8, 4) is 0 Å². The van der Waals surface area contributed by atoms with Crippen molar-refractivity contribution in [2.75, 3.05) is 19.3 Å². The van der Waals surface area contributed by atoms with Gasteiger partial charge in [0.15, 0.2) is 0 Å². The van der Waals surface area contributed by atoms with Crippen LogP contribution in [0.25, 0.3) is 0 Å². The van der Waals surface area contributed by atoms with Crippen LogP contribution in [-0.4, -0.2) is 32.3 Å². The van der Waals surface area contributed by atoms with E-state index in [9.17, 15) is 8.42 Å². The fourth-order valence-electron chi connectivity index (χ4n) is 2.28. The molecule has 0 aromatic carbocycles. The molecule has 0 aromatic rings. The third-order valence-corrected chi connectivity index (χ3v) is 2.88. The van der Waals surface area contributed by atoms with E-state index in [0.717, 1.165) is 11.8 Å². The fraction of sp³-hybridized carbons (Fsp3) is 1.00. The molecule has 2 fully saturated rings. The Labute approximate surface area is 85.8 Å². The van der Waals surface area contributed by atoms with Crippen molar-refractivity contribution in [1.82, 2.24) is 5.32 Å². The Kier molecular flexibility index (Phi) is 4.34. The number of nitrogens with one attached hydrogen (secondary N) is 1. The number of rotatable bonds is 0. The summed E-state index contributed by atoms with van der Waals surface area (Å²) < 4.78 is 25.9. The monoisotopic (exact) mass is 221 g/mol. The molecule has 1 saturated heterocycles. The van der Waals surface area contributed by atoms with Crippen molar-refractivity contribution in [3.63, 3.8) is 0 Å². The number of fused-ring (bicyclic) bond motifs is 1. The normalized spacial score (nSPS) is 31.6. The Balaban J connectivity index is 0.000000171. The first-order valence-electron chi connectivity index (χ1n) is 5.10. The van der Waals surface area contributed by atoms with Gasteiger partial charge in [0, 0.05) is 0 Å². The lowest BCUT2D eigenvalue weighted by molar-refractivity contribution is 0.299. The smallest absolute Gasteiger partial charge is 0.261 e. The maximum absolute atomic E-state index is 9.19. The third kappa shape index (κ3) is 4.93. The maximum Gasteiger partial charge on any atom is 0.261 e. The van der Waals surface area contributed by atoms with Gasteiger partial charge in [-0.15, -0.1) is 0 Å². The molecule has 5 heteroatoms. The van der Waals surface area contributed by atoms with Gasteiger partial charge in [0.25, 0.3) is 10.1 Å². The first-order chi connectivity index (χ1) is 6.47. The van der Waals surface area contributed by atoms with E-state index in [-0.39, 0.29) is 0 Å². The van der Waals surface area contributed by atoms with Gasteiger partial charge in [-0.2, -0.15) is 8.42 Å². The standard InChI is InChI=1S/C8H15N.CH4O3S/c1-2-4-8-6-9-5-7(8)3-1;1-5(2,3)4/h7-9H,1-6H2;1H3,(H,2,3,4). The quantitative estimate of drug-likeness (QED) is 0.596. The van der Waals surface area contributed by atoms with Crippen molar-refractivity contribution < 1.29 is 13.0 Å². The Bertz CT molecular complexity index is 243. The predicted molar refractivity (Wildman–Crippen MR) is 55.8 cm³/mol. The van der Waals surface area contributed by atoms with Gasteiger partial charge in [-0.1, -0.05) is 12.8 Å². The summed E-state index contributed by atoms with van der Waals surface area (Å²) in [4.78, 5) is 0. The first kappa shape index (κ1) is 11.9. The van der Waals surface area contributed by atoms with Crippen molar-refractivity contribution in [2.45, 2.75) is 25.7 Å². The number of hydrogen-bond donors (Lipinski definition) is 2. The highest BCUT2D eigenvalue weighted by Crippen LogP contribution is 2.31. The lowest BCUT2D eigenvalue weighted by atomic mass is 9.82. The van der Waals surface area contributed by atoms with E-state index in [4.69, 9.17) is 4.55 Å². The summed E-state index contributed by atoms with van der Waals surface area (Å²) in [5.74, 6) is 2.11. The molecule has 0 amide bonds.